The number of isothiocyanates is 1. The number of nitrogens with one attached hydrogen (secondary N) is 2. The summed E-state index contributed by atoms with van der Waals surface area (Å²) in [6.45, 7) is 0. The molecule has 0 saturated heterocycles. The molecular weight excluding hydrogens is 245 g/mol. The number of thiocarbonyl (C=S) groups is 1. The summed E-state index contributed by atoms with van der Waals surface area (Å²) in [5.74, 6) is -0.333. The van der Waals surface area contributed by atoms with Crippen molar-refractivity contribution in [2.24, 2.45) is 11.5 Å². The SMILES string of the molecule is N=C(N)N.N=C=S.[CsH]. The van der Waals surface area contributed by atoms with Crippen LogP contribution in [0.15, 0.2) is 0 Å². The van der Waals surface area contributed by atoms with E-state index < -0.39 is 0 Å². The van der Waals surface area contributed by atoms with Crippen LogP contribution in [0.2, 0.25) is 0 Å². The van der Waals surface area contributed by atoms with Gasteiger partial charge in [0, 0.05) is 0 Å². The van der Waals surface area contributed by atoms with Crippen LogP contribution in [0.25, 0.3) is 0 Å². The summed E-state index contributed by atoms with van der Waals surface area (Å²) < 4.78 is 0. The van der Waals surface area contributed by atoms with Crippen LogP contribution < -0.4 is 11.5 Å². The molecule has 0 rings (SSSR count). The second-order valence-electron chi connectivity index (χ2n) is 0.557. The minimum absolute atomic E-state index is 0. The number of guanidine groups is 1. The summed E-state index contributed by atoms with van der Waals surface area (Å²) in [7, 11) is 0. The van der Waals surface area contributed by atoms with E-state index in [1.807, 2.05) is 0 Å². The molecule has 0 aromatic heterocycles. The molecule has 0 aliphatic heterocycles. The van der Waals surface area contributed by atoms with Crippen molar-refractivity contribution >= 4 is 92.2 Å². The topological polar surface area (TPSA) is 99.7 Å². The predicted octanol–water partition coefficient (Wildman–Crippen LogP) is -1.14. The quantitative estimate of drug-likeness (QED) is 0.249. The number of hydrogen-bond acceptors (Lipinski definition) is 3. The molecule has 0 atom stereocenters. The molecule has 0 heterocycles. The zero-order valence-corrected chi connectivity index (χ0v) is 4.38. The third-order valence-electron chi connectivity index (χ3n) is 0. The van der Waals surface area contributed by atoms with Gasteiger partial charge in [0.1, 0.15) is 0 Å². The molecule has 42 valence electrons. The summed E-state index contributed by atoms with van der Waals surface area (Å²) >= 11 is 3.81. The van der Waals surface area contributed by atoms with Crippen molar-refractivity contribution in [2.75, 3.05) is 0 Å². The second kappa shape index (κ2) is 15.7. The summed E-state index contributed by atoms with van der Waals surface area (Å²) in [6, 6.07) is 0. The fourth-order valence-electron chi connectivity index (χ4n) is 0. The van der Waals surface area contributed by atoms with Crippen molar-refractivity contribution in [3.63, 3.8) is 0 Å². The first-order valence-corrected chi connectivity index (χ1v) is 1.69. The van der Waals surface area contributed by atoms with Crippen LogP contribution in [0.3, 0.4) is 0 Å². The van der Waals surface area contributed by atoms with Crippen LogP contribution in [0.5, 0.6) is 0 Å². The average Bonchev–Trinajstić information content (AvgIpc) is 1.33. The molecule has 0 spiro atoms. The van der Waals surface area contributed by atoms with Gasteiger partial charge in [0.2, 0.25) is 0 Å². The van der Waals surface area contributed by atoms with Crippen molar-refractivity contribution in [3.05, 3.63) is 0 Å². The number of nitrogens with two attached hydrogens (primary N) is 2. The number of hydrogen-bond donors (Lipinski definition) is 4. The third-order valence-corrected chi connectivity index (χ3v) is 0. The summed E-state index contributed by atoms with van der Waals surface area (Å²) in [4.78, 5) is 0. The van der Waals surface area contributed by atoms with Gasteiger partial charge < -0.3 is 11.5 Å². The Labute approximate surface area is 112 Å². The van der Waals surface area contributed by atoms with E-state index in [0.717, 1.165) is 0 Å². The molecule has 0 amide bonds. The first-order valence-electron chi connectivity index (χ1n) is 1.28. The van der Waals surface area contributed by atoms with Crippen LogP contribution in [0.1, 0.15) is 0 Å². The van der Waals surface area contributed by atoms with Gasteiger partial charge in [-0.1, -0.05) is 0 Å². The molecule has 8 heavy (non-hydrogen) atoms. The van der Waals surface area contributed by atoms with Crippen molar-refractivity contribution < 1.29 is 0 Å². The van der Waals surface area contributed by atoms with Crippen molar-refractivity contribution in [1.82, 2.24) is 0 Å². The van der Waals surface area contributed by atoms with Crippen LogP contribution >= 0.6 is 12.2 Å². The van der Waals surface area contributed by atoms with E-state index in [1.165, 1.54) is 0 Å². The van der Waals surface area contributed by atoms with Crippen LogP contribution in [-0.4, -0.2) is 80.0 Å². The molecule has 0 fully saturated rings. The first kappa shape index (κ1) is 16.1. The molecule has 4 nitrogen and oxygen atoms in total. The predicted molar refractivity (Wildman–Crippen MR) is 38.6 cm³/mol. The van der Waals surface area contributed by atoms with Gasteiger partial charge >= 0.3 is 68.9 Å². The molecule has 6 N–H and O–H groups in total. The van der Waals surface area contributed by atoms with E-state index in [-0.39, 0.29) is 74.9 Å². The third kappa shape index (κ3) is 212. The van der Waals surface area contributed by atoms with E-state index in [2.05, 4.69) is 23.7 Å². The Morgan fingerprint density at radius 2 is 1.50 bits per heavy atom. The van der Waals surface area contributed by atoms with Gasteiger partial charge in [0.05, 0.1) is 5.16 Å². The fraction of sp³-hybridized carbons (Fsp3) is 0. The van der Waals surface area contributed by atoms with Crippen LogP contribution in [0, 0.1) is 10.8 Å². The van der Waals surface area contributed by atoms with Gasteiger partial charge in [-0.05, 0) is 12.2 Å². The summed E-state index contributed by atoms with van der Waals surface area (Å²) in [5, 5.41) is 13.4. The Morgan fingerprint density at radius 1 is 1.50 bits per heavy atom. The minimum atomic E-state index is -0.333. The molecule has 0 aliphatic rings. The molecule has 0 aliphatic carbocycles. The first-order chi connectivity index (χ1) is 3.15. The molecule has 6 heteroatoms. The molecule has 0 saturated carbocycles. The Bertz CT molecular complexity index is 82.0. The van der Waals surface area contributed by atoms with E-state index in [9.17, 15) is 0 Å². The maximum atomic E-state index is 6.06. The summed E-state index contributed by atoms with van der Waals surface area (Å²) in [6.07, 6.45) is 0. The van der Waals surface area contributed by atoms with Crippen molar-refractivity contribution in [2.45, 2.75) is 0 Å². The molecule has 0 radical (unpaired) electrons. The zero-order chi connectivity index (χ0) is 6.28. The van der Waals surface area contributed by atoms with Gasteiger partial charge in [0.15, 0.2) is 5.96 Å². The van der Waals surface area contributed by atoms with E-state index in [1.54, 1.807) is 5.16 Å². The van der Waals surface area contributed by atoms with Gasteiger partial charge in [-0.15, -0.1) is 0 Å². The Kier molecular flexibility index (Phi) is 31.5. The van der Waals surface area contributed by atoms with Gasteiger partial charge in [-0.2, -0.15) is 0 Å². The monoisotopic (exact) mass is 252 g/mol. The second-order valence-corrected chi connectivity index (χ2v) is 0.762. The van der Waals surface area contributed by atoms with Gasteiger partial charge in [-0.3, -0.25) is 5.41 Å². The van der Waals surface area contributed by atoms with Crippen LogP contribution in [0.4, 0.5) is 0 Å². The molecule has 0 aromatic rings. The maximum absolute atomic E-state index is 6.06. The van der Waals surface area contributed by atoms with E-state index in [4.69, 9.17) is 10.8 Å². The standard InChI is InChI=1S/CH5N3.CHNS.Cs.H/c2-1(3)4;2-1-3;;/h(H5,2,3,4);2H;;. The normalized spacial score (nSPS) is 4.00. The average molecular weight is 252 g/mol. The molecule has 0 unspecified atom stereocenters. The summed E-state index contributed by atoms with van der Waals surface area (Å²) in [5.41, 5.74) is 8.94. The van der Waals surface area contributed by atoms with E-state index in [0.29, 0.717) is 0 Å². The zero-order valence-electron chi connectivity index (χ0n) is 3.56. The van der Waals surface area contributed by atoms with Gasteiger partial charge in [0.25, 0.3) is 0 Å². The van der Waals surface area contributed by atoms with Crippen molar-refractivity contribution in [3.8, 4) is 0 Å². The molecule has 0 aromatic carbocycles. The van der Waals surface area contributed by atoms with Crippen molar-refractivity contribution in [1.29, 1.82) is 10.8 Å². The molecular formula is C2H7CsN4S. The Morgan fingerprint density at radius 3 is 1.50 bits per heavy atom. The fourth-order valence-corrected chi connectivity index (χ4v) is 0. The molecule has 0 bridgehead atoms. The van der Waals surface area contributed by atoms with Crippen LogP contribution in [-0.2, 0) is 0 Å². The number of rotatable bonds is 0. The Balaban J connectivity index is -0.0000000575. The van der Waals surface area contributed by atoms with Gasteiger partial charge in [-0.25, -0.2) is 5.41 Å². The van der Waals surface area contributed by atoms with E-state index >= 15 is 0 Å². The Hall–Kier alpha value is 1.12.